The average Bonchev–Trinajstić information content (AvgIpc) is 2.63. The summed E-state index contributed by atoms with van der Waals surface area (Å²) in [6, 6.07) is 0. The van der Waals surface area contributed by atoms with Crippen LogP contribution in [0.5, 0.6) is 0 Å². The first-order valence-electron chi connectivity index (χ1n) is 5.55. The van der Waals surface area contributed by atoms with Crippen LogP contribution in [0, 0.1) is 5.92 Å². The summed E-state index contributed by atoms with van der Waals surface area (Å²) < 4.78 is 6.56. The van der Waals surface area contributed by atoms with Gasteiger partial charge in [-0.05, 0) is 25.2 Å². The van der Waals surface area contributed by atoms with Crippen molar-refractivity contribution in [1.82, 2.24) is 0 Å². The van der Waals surface area contributed by atoms with Crippen LogP contribution in [-0.4, -0.2) is 16.0 Å². The third kappa shape index (κ3) is 1.92. The lowest BCUT2D eigenvalue weighted by atomic mass is 9.76. The number of halogens is 1. The van der Waals surface area contributed by atoms with Crippen LogP contribution < -0.4 is 0 Å². The molecule has 0 radical (unpaired) electrons. The van der Waals surface area contributed by atoms with Crippen LogP contribution in [0.4, 0.5) is 0 Å². The lowest BCUT2D eigenvalue weighted by Crippen LogP contribution is -2.40. The molecule has 80 valence electrons. The largest absolute Gasteiger partial charge is 0.458 e. The van der Waals surface area contributed by atoms with E-state index in [9.17, 15) is 4.79 Å². The third-order valence-corrected chi connectivity index (χ3v) is 4.94. The zero-order valence-corrected chi connectivity index (χ0v) is 10.6. The summed E-state index contributed by atoms with van der Waals surface area (Å²) in [6.45, 7) is 0. The molecule has 2 nitrogen and oxygen atoms in total. The van der Waals surface area contributed by atoms with Crippen molar-refractivity contribution in [3.63, 3.8) is 0 Å². The molecule has 0 bridgehead atoms. The van der Waals surface area contributed by atoms with Crippen molar-refractivity contribution in [2.24, 2.45) is 5.92 Å². The second kappa shape index (κ2) is 4.37. The van der Waals surface area contributed by atoms with E-state index in [0.717, 1.165) is 10.8 Å². The van der Waals surface area contributed by atoms with E-state index in [1.54, 1.807) is 0 Å². The molecule has 3 heteroatoms. The molecule has 2 aliphatic rings. The fourth-order valence-electron chi connectivity index (χ4n) is 2.76. The van der Waals surface area contributed by atoms with Gasteiger partial charge in [0.25, 0.3) is 0 Å². The Hall–Kier alpha value is 0.200. The predicted octanol–water partition coefficient (Wildman–Crippen LogP) is 3.08. The number of ether oxygens (including phenoxy) is 1. The maximum atomic E-state index is 11.2. The molecular weight excluding hydrogens is 291 g/mol. The van der Waals surface area contributed by atoms with Crippen LogP contribution in [0.1, 0.15) is 44.9 Å². The maximum absolute atomic E-state index is 11.2. The molecule has 2 fully saturated rings. The topological polar surface area (TPSA) is 26.3 Å². The Morgan fingerprint density at radius 1 is 1.36 bits per heavy atom. The highest BCUT2D eigenvalue weighted by Crippen LogP contribution is 2.42. The van der Waals surface area contributed by atoms with Crippen molar-refractivity contribution >= 4 is 28.6 Å². The summed E-state index contributed by atoms with van der Waals surface area (Å²) in [5, 5.41) is 0. The number of carbonyl (C=O) groups is 1. The fourth-order valence-corrected chi connectivity index (χ4v) is 3.92. The number of cyclic esters (lactones) is 1. The molecule has 1 atom stereocenters. The van der Waals surface area contributed by atoms with Gasteiger partial charge in [0.1, 0.15) is 5.60 Å². The van der Waals surface area contributed by atoms with Gasteiger partial charge in [-0.2, -0.15) is 0 Å². The van der Waals surface area contributed by atoms with Gasteiger partial charge >= 0.3 is 5.97 Å². The molecule has 0 unspecified atom stereocenters. The molecule has 0 N–H and O–H groups in total. The van der Waals surface area contributed by atoms with Crippen molar-refractivity contribution in [3.05, 3.63) is 0 Å². The van der Waals surface area contributed by atoms with Crippen LogP contribution in [0.2, 0.25) is 0 Å². The van der Waals surface area contributed by atoms with Crippen molar-refractivity contribution in [2.45, 2.75) is 50.5 Å². The number of hydrogen-bond acceptors (Lipinski definition) is 2. The highest BCUT2D eigenvalue weighted by molar-refractivity contribution is 14.1. The van der Waals surface area contributed by atoms with E-state index in [1.807, 2.05) is 0 Å². The molecule has 1 saturated heterocycles. The van der Waals surface area contributed by atoms with E-state index in [4.69, 9.17) is 4.74 Å². The molecule has 0 aromatic rings. The Balaban J connectivity index is 2.06. The smallest absolute Gasteiger partial charge is 0.306 e. The Morgan fingerprint density at radius 3 is 2.57 bits per heavy atom. The molecule has 14 heavy (non-hydrogen) atoms. The van der Waals surface area contributed by atoms with E-state index < -0.39 is 0 Å². The van der Waals surface area contributed by atoms with E-state index in [2.05, 4.69) is 22.6 Å². The first-order valence-corrected chi connectivity index (χ1v) is 7.07. The van der Waals surface area contributed by atoms with Crippen LogP contribution >= 0.6 is 22.6 Å². The summed E-state index contributed by atoms with van der Waals surface area (Å²) in [5.74, 6) is 0.659. The molecular formula is C11H17IO2. The summed E-state index contributed by atoms with van der Waals surface area (Å²) in [5.41, 5.74) is -0.0853. The second-order valence-corrected chi connectivity index (χ2v) is 5.27. The first kappa shape index (κ1) is 10.7. The summed E-state index contributed by atoms with van der Waals surface area (Å²) in [4.78, 5) is 11.2. The third-order valence-electron chi connectivity index (χ3n) is 3.64. The summed E-state index contributed by atoms with van der Waals surface area (Å²) in [7, 11) is 0. The van der Waals surface area contributed by atoms with E-state index >= 15 is 0 Å². The SMILES string of the molecule is O=C1CC[C@](CI)(C2CCCCC2)O1. The van der Waals surface area contributed by atoms with Crippen LogP contribution in [0.3, 0.4) is 0 Å². The minimum Gasteiger partial charge on any atom is -0.458 e. The van der Waals surface area contributed by atoms with Crippen molar-refractivity contribution in [3.8, 4) is 0 Å². The number of esters is 1. The van der Waals surface area contributed by atoms with Gasteiger partial charge in [-0.3, -0.25) is 4.79 Å². The second-order valence-electron chi connectivity index (χ2n) is 4.51. The lowest BCUT2D eigenvalue weighted by Gasteiger charge is -2.37. The normalized spacial score (nSPS) is 34.5. The summed E-state index contributed by atoms with van der Waals surface area (Å²) in [6.07, 6.45) is 8.12. The molecule has 1 aliphatic heterocycles. The molecule has 1 saturated carbocycles. The number of rotatable bonds is 2. The number of alkyl halides is 1. The van der Waals surface area contributed by atoms with Gasteiger partial charge in [0.05, 0.1) is 0 Å². The average molecular weight is 308 g/mol. The molecule has 0 amide bonds. The number of carbonyl (C=O) groups excluding carboxylic acids is 1. The maximum Gasteiger partial charge on any atom is 0.306 e. The standard InChI is InChI=1S/C11H17IO2/c12-8-11(7-6-10(13)14-11)9-4-2-1-3-5-9/h9H,1-8H2/t11-/m0/s1. The minimum atomic E-state index is -0.0853. The van der Waals surface area contributed by atoms with Crippen LogP contribution in [-0.2, 0) is 9.53 Å². The van der Waals surface area contributed by atoms with Gasteiger partial charge in [-0.15, -0.1) is 0 Å². The Bertz CT molecular complexity index is 223. The summed E-state index contributed by atoms with van der Waals surface area (Å²) >= 11 is 2.38. The fraction of sp³-hybridized carbons (Fsp3) is 0.909. The molecule has 0 aromatic heterocycles. The molecule has 1 heterocycles. The van der Waals surface area contributed by atoms with Gasteiger partial charge in [-0.1, -0.05) is 41.9 Å². The highest BCUT2D eigenvalue weighted by Gasteiger charge is 2.45. The van der Waals surface area contributed by atoms with Crippen molar-refractivity contribution < 1.29 is 9.53 Å². The molecule has 0 spiro atoms. The highest BCUT2D eigenvalue weighted by atomic mass is 127. The van der Waals surface area contributed by atoms with Crippen molar-refractivity contribution in [2.75, 3.05) is 4.43 Å². The Morgan fingerprint density at radius 2 is 2.07 bits per heavy atom. The van der Waals surface area contributed by atoms with Gasteiger partial charge in [0.15, 0.2) is 0 Å². The van der Waals surface area contributed by atoms with Gasteiger partial charge in [0, 0.05) is 10.8 Å². The molecule has 2 rings (SSSR count). The molecule has 1 aliphatic carbocycles. The van der Waals surface area contributed by atoms with Gasteiger partial charge in [-0.25, -0.2) is 0 Å². The monoisotopic (exact) mass is 308 g/mol. The van der Waals surface area contributed by atoms with E-state index in [1.165, 1.54) is 32.1 Å². The Labute approximate surface area is 98.9 Å². The van der Waals surface area contributed by atoms with E-state index in [0.29, 0.717) is 12.3 Å². The number of hydrogen-bond donors (Lipinski definition) is 0. The van der Waals surface area contributed by atoms with Gasteiger partial charge in [0.2, 0.25) is 0 Å². The van der Waals surface area contributed by atoms with Crippen molar-refractivity contribution in [1.29, 1.82) is 0 Å². The Kier molecular flexibility index (Phi) is 3.34. The van der Waals surface area contributed by atoms with Crippen LogP contribution in [0.15, 0.2) is 0 Å². The van der Waals surface area contributed by atoms with E-state index in [-0.39, 0.29) is 11.6 Å². The zero-order valence-electron chi connectivity index (χ0n) is 8.43. The lowest BCUT2D eigenvalue weighted by molar-refractivity contribution is -0.151. The first-order chi connectivity index (χ1) is 6.77. The zero-order chi connectivity index (χ0) is 10.0. The molecule has 0 aromatic carbocycles. The minimum absolute atomic E-state index is 0.0206. The quantitative estimate of drug-likeness (QED) is 0.445. The van der Waals surface area contributed by atoms with Gasteiger partial charge < -0.3 is 4.74 Å². The van der Waals surface area contributed by atoms with Crippen LogP contribution in [0.25, 0.3) is 0 Å². The predicted molar refractivity (Wildman–Crippen MR) is 63.5 cm³/mol.